The molecule has 1 aromatic heterocycles. The number of thiophene rings is 1. The summed E-state index contributed by atoms with van der Waals surface area (Å²) in [6.07, 6.45) is 0.779. The molecule has 3 rings (SSSR count). The summed E-state index contributed by atoms with van der Waals surface area (Å²) in [6.45, 7) is 6.83. The molecule has 2 N–H and O–H groups in total. The van der Waals surface area contributed by atoms with Crippen molar-refractivity contribution in [1.29, 1.82) is 0 Å². The van der Waals surface area contributed by atoms with Crippen molar-refractivity contribution in [1.82, 2.24) is 10.6 Å². The zero-order chi connectivity index (χ0) is 14.3. The lowest BCUT2D eigenvalue weighted by Gasteiger charge is -2.28. The van der Waals surface area contributed by atoms with E-state index in [4.69, 9.17) is 0 Å². The summed E-state index contributed by atoms with van der Waals surface area (Å²) >= 11 is 1.83. The zero-order valence-corrected chi connectivity index (χ0v) is 12.9. The van der Waals surface area contributed by atoms with Gasteiger partial charge in [0, 0.05) is 21.7 Å². The van der Waals surface area contributed by atoms with Crippen LogP contribution in [0.1, 0.15) is 31.2 Å². The Labute approximate surface area is 123 Å². The summed E-state index contributed by atoms with van der Waals surface area (Å²) in [6, 6.07) is 8.33. The molecule has 0 unspecified atom stereocenters. The molecule has 2 aromatic rings. The first-order valence-electron chi connectivity index (χ1n) is 6.99. The summed E-state index contributed by atoms with van der Waals surface area (Å²) in [4.78, 5) is 13.7. The maximum Gasteiger partial charge on any atom is 0.237 e. The van der Waals surface area contributed by atoms with Crippen LogP contribution in [0.25, 0.3) is 10.1 Å². The highest BCUT2D eigenvalue weighted by Crippen LogP contribution is 2.34. The second-order valence-corrected chi connectivity index (χ2v) is 7.51. The number of benzene rings is 1. The number of carbonyl (C=O) groups excluding carboxylic acids is 1. The van der Waals surface area contributed by atoms with Gasteiger partial charge in [0.25, 0.3) is 0 Å². The molecule has 20 heavy (non-hydrogen) atoms. The highest BCUT2D eigenvalue weighted by atomic mass is 32.1. The molecule has 2 heterocycles. The number of hydrogen-bond acceptors (Lipinski definition) is 3. The van der Waals surface area contributed by atoms with Gasteiger partial charge in [0.15, 0.2) is 0 Å². The van der Waals surface area contributed by atoms with Crippen molar-refractivity contribution >= 4 is 27.3 Å². The van der Waals surface area contributed by atoms with Gasteiger partial charge >= 0.3 is 0 Å². The SMILES string of the molecule is CC(C)(C)NC(=O)[C@H]1Cc2c(sc3ccccc23)CN1. The van der Waals surface area contributed by atoms with E-state index in [1.807, 2.05) is 32.1 Å². The molecule has 3 nitrogen and oxygen atoms in total. The Balaban J connectivity index is 1.86. The number of hydrogen-bond donors (Lipinski definition) is 2. The van der Waals surface area contributed by atoms with E-state index in [0.717, 1.165) is 13.0 Å². The van der Waals surface area contributed by atoms with Crippen LogP contribution in [0.15, 0.2) is 24.3 Å². The largest absolute Gasteiger partial charge is 0.350 e. The molecule has 1 amide bonds. The van der Waals surface area contributed by atoms with Gasteiger partial charge in [-0.3, -0.25) is 4.79 Å². The molecule has 0 radical (unpaired) electrons. The van der Waals surface area contributed by atoms with E-state index in [2.05, 4.69) is 34.9 Å². The number of rotatable bonds is 1. The average Bonchev–Trinajstić information content (AvgIpc) is 2.74. The Morgan fingerprint density at radius 1 is 1.35 bits per heavy atom. The van der Waals surface area contributed by atoms with Gasteiger partial charge < -0.3 is 10.6 Å². The fourth-order valence-electron chi connectivity index (χ4n) is 2.65. The van der Waals surface area contributed by atoms with Crippen LogP contribution in [-0.4, -0.2) is 17.5 Å². The molecule has 1 atom stereocenters. The minimum absolute atomic E-state index is 0.0958. The molecule has 0 aliphatic carbocycles. The normalized spacial score (nSPS) is 18.9. The summed E-state index contributed by atoms with van der Waals surface area (Å²) in [5.74, 6) is 0.0958. The fourth-order valence-corrected chi connectivity index (χ4v) is 3.84. The molecular formula is C16H20N2OS. The van der Waals surface area contributed by atoms with Crippen molar-refractivity contribution in [2.24, 2.45) is 0 Å². The van der Waals surface area contributed by atoms with Crippen molar-refractivity contribution in [3.8, 4) is 0 Å². The Morgan fingerprint density at radius 2 is 2.10 bits per heavy atom. The van der Waals surface area contributed by atoms with Crippen LogP contribution in [0, 0.1) is 0 Å². The van der Waals surface area contributed by atoms with E-state index in [1.165, 1.54) is 20.5 Å². The van der Waals surface area contributed by atoms with Crippen molar-refractivity contribution in [3.63, 3.8) is 0 Å². The maximum atomic E-state index is 12.3. The third-order valence-corrected chi connectivity index (χ3v) is 4.73. The van der Waals surface area contributed by atoms with Gasteiger partial charge in [0.1, 0.15) is 0 Å². The summed E-state index contributed by atoms with van der Waals surface area (Å²) in [5, 5.41) is 7.73. The Bertz CT molecular complexity index is 654. The summed E-state index contributed by atoms with van der Waals surface area (Å²) < 4.78 is 1.32. The van der Waals surface area contributed by atoms with Crippen LogP contribution in [0.3, 0.4) is 0 Å². The first kappa shape index (κ1) is 13.6. The van der Waals surface area contributed by atoms with Gasteiger partial charge in [-0.2, -0.15) is 0 Å². The lowest BCUT2D eigenvalue weighted by atomic mass is 9.97. The number of nitrogens with one attached hydrogen (secondary N) is 2. The maximum absolute atomic E-state index is 12.3. The molecule has 0 bridgehead atoms. The molecule has 106 valence electrons. The Morgan fingerprint density at radius 3 is 2.85 bits per heavy atom. The highest BCUT2D eigenvalue weighted by molar-refractivity contribution is 7.19. The third-order valence-electron chi connectivity index (χ3n) is 3.51. The van der Waals surface area contributed by atoms with E-state index in [0.29, 0.717) is 0 Å². The van der Waals surface area contributed by atoms with Crippen molar-refractivity contribution < 1.29 is 4.79 Å². The van der Waals surface area contributed by atoms with Gasteiger partial charge in [-0.25, -0.2) is 0 Å². The summed E-state index contributed by atoms with van der Waals surface area (Å²) in [7, 11) is 0. The molecule has 1 aliphatic heterocycles. The van der Waals surface area contributed by atoms with E-state index in [9.17, 15) is 4.79 Å². The quantitative estimate of drug-likeness (QED) is 0.847. The van der Waals surface area contributed by atoms with Gasteiger partial charge in [-0.1, -0.05) is 18.2 Å². The van der Waals surface area contributed by atoms with Gasteiger partial charge in [0.05, 0.1) is 6.04 Å². The van der Waals surface area contributed by atoms with Crippen LogP contribution in [-0.2, 0) is 17.8 Å². The minimum Gasteiger partial charge on any atom is -0.350 e. The Hall–Kier alpha value is -1.39. The van der Waals surface area contributed by atoms with Crippen LogP contribution in [0.4, 0.5) is 0 Å². The molecule has 1 aliphatic rings. The van der Waals surface area contributed by atoms with Crippen LogP contribution >= 0.6 is 11.3 Å². The van der Waals surface area contributed by atoms with E-state index >= 15 is 0 Å². The predicted molar refractivity (Wildman–Crippen MR) is 84.1 cm³/mol. The lowest BCUT2D eigenvalue weighted by molar-refractivity contribution is -0.124. The lowest BCUT2D eigenvalue weighted by Crippen LogP contribution is -2.52. The van der Waals surface area contributed by atoms with Gasteiger partial charge in [0.2, 0.25) is 5.91 Å². The van der Waals surface area contributed by atoms with Crippen molar-refractivity contribution in [2.45, 2.75) is 45.3 Å². The molecule has 0 fully saturated rings. The van der Waals surface area contributed by atoms with E-state index in [1.54, 1.807) is 0 Å². The third kappa shape index (κ3) is 2.58. The zero-order valence-electron chi connectivity index (χ0n) is 12.1. The van der Waals surface area contributed by atoms with Gasteiger partial charge in [-0.15, -0.1) is 11.3 Å². The highest BCUT2D eigenvalue weighted by Gasteiger charge is 2.28. The molecule has 1 aromatic carbocycles. The van der Waals surface area contributed by atoms with E-state index in [-0.39, 0.29) is 17.5 Å². The van der Waals surface area contributed by atoms with Crippen LogP contribution < -0.4 is 10.6 Å². The Kier molecular flexibility index (Phi) is 3.30. The minimum atomic E-state index is -0.185. The van der Waals surface area contributed by atoms with Crippen LogP contribution in [0.5, 0.6) is 0 Å². The topological polar surface area (TPSA) is 41.1 Å². The fraction of sp³-hybridized carbons (Fsp3) is 0.438. The summed E-state index contributed by atoms with van der Waals surface area (Å²) in [5.41, 5.74) is 1.16. The smallest absolute Gasteiger partial charge is 0.237 e. The second-order valence-electron chi connectivity index (χ2n) is 6.38. The van der Waals surface area contributed by atoms with Crippen LogP contribution in [0.2, 0.25) is 0 Å². The monoisotopic (exact) mass is 288 g/mol. The first-order chi connectivity index (χ1) is 9.44. The molecular weight excluding hydrogens is 268 g/mol. The first-order valence-corrected chi connectivity index (χ1v) is 7.80. The molecule has 0 spiro atoms. The number of fused-ring (bicyclic) bond motifs is 3. The number of amides is 1. The van der Waals surface area contributed by atoms with Crippen molar-refractivity contribution in [2.75, 3.05) is 0 Å². The molecule has 0 saturated carbocycles. The van der Waals surface area contributed by atoms with Gasteiger partial charge in [-0.05, 0) is 44.2 Å². The predicted octanol–water partition coefficient (Wildman–Crippen LogP) is 2.83. The molecule has 4 heteroatoms. The standard InChI is InChI=1S/C16H20N2OS/c1-16(2,3)18-15(19)12-8-11-10-6-4-5-7-13(10)20-14(11)9-17-12/h4-7,12,17H,8-9H2,1-3H3,(H,18,19)/t12-/m1/s1. The molecule has 0 saturated heterocycles. The number of carbonyl (C=O) groups is 1. The average molecular weight is 288 g/mol. The second kappa shape index (κ2) is 4.86. The van der Waals surface area contributed by atoms with Crippen molar-refractivity contribution in [3.05, 3.63) is 34.7 Å². The van der Waals surface area contributed by atoms with E-state index < -0.39 is 0 Å².